The number of rotatable bonds is 4. The lowest BCUT2D eigenvalue weighted by Gasteiger charge is -2.21. The lowest BCUT2D eigenvalue weighted by molar-refractivity contribution is -0.141. The van der Waals surface area contributed by atoms with Gasteiger partial charge in [0.05, 0.1) is 11.8 Å². The van der Waals surface area contributed by atoms with Gasteiger partial charge in [0.15, 0.2) is 5.65 Å². The van der Waals surface area contributed by atoms with Gasteiger partial charge in [-0.1, -0.05) is 0 Å². The monoisotopic (exact) mass is 290 g/mol. The van der Waals surface area contributed by atoms with E-state index in [9.17, 15) is 9.59 Å². The molecule has 7 nitrogen and oxygen atoms in total. The smallest absolute Gasteiger partial charge is 0.326 e. The molecule has 0 radical (unpaired) electrons. The molecule has 1 atom stereocenters. The number of carbonyl (C=O) groups is 2. The van der Waals surface area contributed by atoms with E-state index in [0.29, 0.717) is 11.2 Å². The molecule has 0 fully saturated rings. The summed E-state index contributed by atoms with van der Waals surface area (Å²) >= 11 is 0. The van der Waals surface area contributed by atoms with Gasteiger partial charge < -0.3 is 10.0 Å². The predicted molar refractivity (Wildman–Crippen MR) is 77.1 cm³/mol. The molecule has 2 rings (SSSR count). The van der Waals surface area contributed by atoms with Crippen molar-refractivity contribution in [1.82, 2.24) is 19.7 Å². The van der Waals surface area contributed by atoms with E-state index in [0.717, 1.165) is 5.39 Å². The van der Waals surface area contributed by atoms with E-state index in [1.54, 1.807) is 16.9 Å². The van der Waals surface area contributed by atoms with Crippen LogP contribution in [0.25, 0.3) is 11.0 Å². The van der Waals surface area contributed by atoms with E-state index in [2.05, 4.69) is 10.1 Å². The molecule has 0 saturated heterocycles. The second-order valence-electron chi connectivity index (χ2n) is 5.25. The fourth-order valence-corrected chi connectivity index (χ4v) is 1.98. The SMILES string of the molecule is CC(C(=O)O)N(C)C(=O)c1cnc2c(cnn2C(C)C)c1. The highest BCUT2D eigenvalue weighted by atomic mass is 16.4. The van der Waals surface area contributed by atoms with Crippen LogP contribution in [-0.2, 0) is 4.79 Å². The van der Waals surface area contributed by atoms with Gasteiger partial charge in [-0.15, -0.1) is 0 Å². The number of carbonyl (C=O) groups excluding carboxylic acids is 1. The molecule has 2 heterocycles. The number of aliphatic carboxylic acids is 1. The highest BCUT2D eigenvalue weighted by Crippen LogP contribution is 2.17. The van der Waals surface area contributed by atoms with Gasteiger partial charge in [-0.05, 0) is 26.8 Å². The number of amides is 1. The molecule has 1 unspecified atom stereocenters. The summed E-state index contributed by atoms with van der Waals surface area (Å²) in [6.07, 6.45) is 3.11. The molecule has 0 aromatic carbocycles. The number of likely N-dealkylation sites (N-methyl/N-ethyl adjacent to an activating group) is 1. The second kappa shape index (κ2) is 5.51. The zero-order chi connectivity index (χ0) is 15.7. The molecular formula is C14H18N4O3. The first-order valence-electron chi connectivity index (χ1n) is 6.66. The Morgan fingerprint density at radius 3 is 2.52 bits per heavy atom. The first-order valence-corrected chi connectivity index (χ1v) is 6.66. The topological polar surface area (TPSA) is 88.3 Å². The Morgan fingerprint density at radius 2 is 1.95 bits per heavy atom. The van der Waals surface area contributed by atoms with Crippen LogP contribution in [0, 0.1) is 0 Å². The molecule has 7 heteroatoms. The molecule has 112 valence electrons. The fraction of sp³-hybridized carbons (Fsp3) is 0.429. The van der Waals surface area contributed by atoms with Crippen LogP contribution in [0.2, 0.25) is 0 Å². The molecule has 0 saturated carbocycles. The molecule has 2 aromatic rings. The van der Waals surface area contributed by atoms with E-state index in [4.69, 9.17) is 5.11 Å². The second-order valence-corrected chi connectivity index (χ2v) is 5.25. The molecular weight excluding hydrogens is 272 g/mol. The number of pyridine rings is 1. The summed E-state index contributed by atoms with van der Waals surface area (Å²) in [5.41, 5.74) is 1.05. The quantitative estimate of drug-likeness (QED) is 0.923. The van der Waals surface area contributed by atoms with Crippen molar-refractivity contribution in [3.63, 3.8) is 0 Å². The van der Waals surface area contributed by atoms with Crippen molar-refractivity contribution in [3.05, 3.63) is 24.0 Å². The number of nitrogens with zero attached hydrogens (tertiary/aromatic N) is 4. The van der Waals surface area contributed by atoms with Crippen LogP contribution in [0.4, 0.5) is 0 Å². The van der Waals surface area contributed by atoms with Crippen LogP contribution in [0.15, 0.2) is 18.5 Å². The number of hydrogen-bond donors (Lipinski definition) is 1. The molecule has 1 N–H and O–H groups in total. The summed E-state index contributed by atoms with van der Waals surface area (Å²) in [5, 5.41) is 14.0. The van der Waals surface area contributed by atoms with Crippen molar-refractivity contribution < 1.29 is 14.7 Å². The van der Waals surface area contributed by atoms with Crippen LogP contribution >= 0.6 is 0 Å². The Balaban J connectivity index is 2.35. The normalized spacial score (nSPS) is 12.6. The maximum Gasteiger partial charge on any atom is 0.326 e. The third-order valence-electron chi connectivity index (χ3n) is 3.43. The fourth-order valence-electron chi connectivity index (χ4n) is 1.98. The van der Waals surface area contributed by atoms with Crippen molar-refractivity contribution in [1.29, 1.82) is 0 Å². The molecule has 0 aliphatic heterocycles. The van der Waals surface area contributed by atoms with Crippen LogP contribution in [0.3, 0.4) is 0 Å². The van der Waals surface area contributed by atoms with E-state index in [-0.39, 0.29) is 11.9 Å². The summed E-state index contributed by atoms with van der Waals surface area (Å²) in [7, 11) is 1.46. The van der Waals surface area contributed by atoms with Crippen molar-refractivity contribution >= 4 is 22.9 Å². The van der Waals surface area contributed by atoms with Crippen molar-refractivity contribution in [2.75, 3.05) is 7.05 Å². The first-order chi connectivity index (χ1) is 9.82. The van der Waals surface area contributed by atoms with Crippen molar-refractivity contribution in [2.45, 2.75) is 32.9 Å². The minimum Gasteiger partial charge on any atom is -0.480 e. The number of aromatic nitrogens is 3. The van der Waals surface area contributed by atoms with Gasteiger partial charge in [0.1, 0.15) is 6.04 Å². The zero-order valence-corrected chi connectivity index (χ0v) is 12.4. The lowest BCUT2D eigenvalue weighted by atomic mass is 10.2. The van der Waals surface area contributed by atoms with Crippen molar-refractivity contribution in [2.24, 2.45) is 0 Å². The van der Waals surface area contributed by atoms with Gasteiger partial charge >= 0.3 is 5.97 Å². The molecule has 0 aliphatic rings. The predicted octanol–water partition coefficient (Wildman–Crippen LogP) is 1.56. The van der Waals surface area contributed by atoms with Gasteiger partial charge in [-0.3, -0.25) is 4.79 Å². The average Bonchev–Trinajstić information content (AvgIpc) is 2.87. The number of fused-ring (bicyclic) bond motifs is 1. The standard InChI is InChI=1S/C14H18N4O3/c1-8(2)18-12-10(7-16-18)5-11(6-15-12)13(19)17(4)9(3)14(20)21/h5-9H,1-4H3,(H,20,21). The summed E-state index contributed by atoms with van der Waals surface area (Å²) in [6, 6.07) is 0.958. The third-order valence-corrected chi connectivity index (χ3v) is 3.43. The van der Waals surface area contributed by atoms with Gasteiger partial charge in [0.2, 0.25) is 0 Å². The van der Waals surface area contributed by atoms with E-state index >= 15 is 0 Å². The Labute approximate surface area is 122 Å². The van der Waals surface area contributed by atoms with Gasteiger partial charge in [-0.2, -0.15) is 5.10 Å². The highest BCUT2D eigenvalue weighted by molar-refractivity contribution is 5.98. The Morgan fingerprint density at radius 1 is 1.29 bits per heavy atom. The zero-order valence-electron chi connectivity index (χ0n) is 12.4. The lowest BCUT2D eigenvalue weighted by Crippen LogP contribution is -2.40. The van der Waals surface area contributed by atoms with E-state index in [1.807, 2.05) is 13.8 Å². The molecule has 0 bridgehead atoms. The van der Waals surface area contributed by atoms with Crippen LogP contribution < -0.4 is 0 Å². The number of hydrogen-bond acceptors (Lipinski definition) is 4. The Hall–Kier alpha value is -2.44. The summed E-state index contributed by atoms with van der Waals surface area (Å²) in [5.74, 6) is -1.43. The summed E-state index contributed by atoms with van der Waals surface area (Å²) < 4.78 is 1.77. The number of carboxylic acids is 1. The minimum atomic E-state index is -1.05. The average molecular weight is 290 g/mol. The molecule has 0 aliphatic carbocycles. The van der Waals surface area contributed by atoms with Gasteiger partial charge in [0.25, 0.3) is 5.91 Å². The largest absolute Gasteiger partial charge is 0.480 e. The van der Waals surface area contributed by atoms with Crippen LogP contribution in [0.5, 0.6) is 0 Å². The van der Waals surface area contributed by atoms with Crippen molar-refractivity contribution in [3.8, 4) is 0 Å². The van der Waals surface area contributed by atoms with Crippen LogP contribution in [-0.4, -0.2) is 49.7 Å². The maximum absolute atomic E-state index is 12.3. The first kappa shape index (κ1) is 15.0. The Bertz CT molecular complexity index is 693. The van der Waals surface area contributed by atoms with Gasteiger partial charge in [0, 0.05) is 24.7 Å². The van der Waals surface area contributed by atoms with E-state index in [1.165, 1.54) is 25.1 Å². The molecule has 1 amide bonds. The maximum atomic E-state index is 12.3. The molecule has 0 spiro atoms. The summed E-state index contributed by atoms with van der Waals surface area (Å²) in [4.78, 5) is 28.7. The van der Waals surface area contributed by atoms with E-state index < -0.39 is 12.0 Å². The van der Waals surface area contributed by atoms with Crippen LogP contribution in [0.1, 0.15) is 37.2 Å². The summed E-state index contributed by atoms with van der Waals surface area (Å²) in [6.45, 7) is 5.45. The molecule has 21 heavy (non-hydrogen) atoms. The third kappa shape index (κ3) is 2.72. The Kier molecular flexibility index (Phi) is 3.93. The molecule has 2 aromatic heterocycles. The van der Waals surface area contributed by atoms with Gasteiger partial charge in [-0.25, -0.2) is 14.5 Å². The highest BCUT2D eigenvalue weighted by Gasteiger charge is 2.23. The number of carboxylic acid groups (broad SMARTS) is 1. The minimum absolute atomic E-state index is 0.172.